The number of amides is 2. The first-order valence-electron chi connectivity index (χ1n) is 30.4. The first-order chi connectivity index (χ1) is 36.3. The molecular weight excluding hydrogens is 931 g/mol. The van der Waals surface area contributed by atoms with Gasteiger partial charge in [0.25, 0.3) is 0 Å². The van der Waals surface area contributed by atoms with Gasteiger partial charge in [-0.2, -0.15) is 0 Å². The van der Waals surface area contributed by atoms with E-state index in [2.05, 4.69) is 210 Å². The number of piperazine rings is 1. The molecule has 10 atom stereocenters. The Bertz CT molecular complexity index is 1910. The number of likely N-dealkylation sites (tertiary alicyclic amines) is 1. The standard InChI is InChI=1S/C29H42N2O.C28H41N3O.6C2H6/c1-19(2)31(27-17-13-12-14-20(27)3)29(32)23(6)28-21(4)24(7)30(25(8)22(28)5)18-26-15-10-9-11-16-26;1-19(2)30(27-17-13-12-14-20(27)3)28(32)25(8)31-23(6)21(4)29(22(5)24(31)7)18-26-15-10-9-11-16-26;6*1-2/h9-17,19,21-25,28H,18H2,1-8H3;9-17,19,21-25H,18H2,1-8H3;6*1-2H3. The van der Waals surface area contributed by atoms with Gasteiger partial charge in [-0.15, -0.1) is 0 Å². The molecule has 6 rings (SSSR count). The number of hydrogen-bond acceptors (Lipinski definition) is 5. The summed E-state index contributed by atoms with van der Waals surface area (Å²) in [4.78, 5) is 39.5. The molecule has 0 aliphatic carbocycles. The lowest BCUT2D eigenvalue weighted by Gasteiger charge is -2.55. The second-order valence-electron chi connectivity index (χ2n) is 20.1. The van der Waals surface area contributed by atoms with Crippen molar-refractivity contribution in [1.82, 2.24) is 14.7 Å². The van der Waals surface area contributed by atoms with E-state index in [4.69, 9.17) is 0 Å². The molecule has 4 aromatic rings. The first-order valence-corrected chi connectivity index (χ1v) is 30.4. The van der Waals surface area contributed by atoms with Crippen LogP contribution in [0.1, 0.15) is 202 Å². The Kier molecular flexibility index (Phi) is 38.0. The van der Waals surface area contributed by atoms with E-state index in [0.717, 1.165) is 35.6 Å². The second kappa shape index (κ2) is 39.1. The summed E-state index contributed by atoms with van der Waals surface area (Å²) in [5.74, 6) is 1.65. The van der Waals surface area contributed by atoms with Crippen molar-refractivity contribution in [3.05, 3.63) is 131 Å². The summed E-state index contributed by atoms with van der Waals surface area (Å²) >= 11 is 0. The van der Waals surface area contributed by atoms with Gasteiger partial charge in [0.05, 0.1) is 6.04 Å². The molecule has 10 unspecified atom stereocenters. The van der Waals surface area contributed by atoms with E-state index in [9.17, 15) is 9.59 Å². The molecule has 2 aliphatic heterocycles. The number of hydrogen-bond donors (Lipinski definition) is 0. The normalized spacial score (nSPS) is 22.8. The third-order valence-corrected chi connectivity index (χ3v) is 15.6. The molecule has 2 aliphatic rings. The van der Waals surface area contributed by atoms with Crippen molar-refractivity contribution in [3.63, 3.8) is 0 Å². The number of rotatable bonds is 12. The maximum Gasteiger partial charge on any atom is 0.244 e. The molecule has 7 nitrogen and oxygen atoms in total. The van der Waals surface area contributed by atoms with Gasteiger partial charge in [-0.25, -0.2) is 0 Å². The molecule has 2 amide bonds. The van der Waals surface area contributed by atoms with Gasteiger partial charge in [0.1, 0.15) is 0 Å². The number of carbonyl (C=O) groups excluding carboxylic acids is 2. The maximum atomic E-state index is 13.9. The SMILES string of the molecule is CC.CC.CC.CC.CC.CC.Cc1ccccc1N(C(=O)C(C)C1C(C)C(C)N(Cc2ccccc2)C(C)C1C)C(C)C.Cc1ccccc1N(C(=O)C(C)N1C(C)C(C)N(Cc2ccccc2)C(C)C1C)C(C)C. The molecular formula is C69H119N5O2. The Hall–Kier alpha value is -4.30. The summed E-state index contributed by atoms with van der Waals surface area (Å²) in [6, 6.07) is 40.1. The van der Waals surface area contributed by atoms with E-state index in [-0.39, 0.29) is 47.9 Å². The smallest absolute Gasteiger partial charge is 0.244 e. The van der Waals surface area contributed by atoms with Gasteiger partial charge in [0.15, 0.2) is 0 Å². The Morgan fingerprint density at radius 1 is 0.408 bits per heavy atom. The number of nitrogens with zero attached hydrogens (tertiary/aromatic N) is 5. The molecule has 2 heterocycles. The summed E-state index contributed by atoms with van der Waals surface area (Å²) in [6.45, 7) is 61.4. The number of carbonyl (C=O) groups is 2. The van der Waals surface area contributed by atoms with E-state index in [0.29, 0.717) is 41.9 Å². The second-order valence-corrected chi connectivity index (χ2v) is 20.1. The van der Waals surface area contributed by atoms with Crippen LogP contribution >= 0.6 is 0 Å². The monoisotopic (exact) mass is 1050 g/mol. The molecule has 0 aromatic heterocycles. The van der Waals surface area contributed by atoms with Crippen LogP contribution in [0.3, 0.4) is 0 Å². The summed E-state index contributed by atoms with van der Waals surface area (Å²) in [6.07, 6.45) is 0. The number of para-hydroxylation sites is 2. The van der Waals surface area contributed by atoms with Crippen LogP contribution in [-0.4, -0.2) is 80.9 Å². The average Bonchev–Trinajstić information content (AvgIpc) is 3.45. The highest BCUT2D eigenvalue weighted by atomic mass is 16.2. The predicted molar refractivity (Wildman–Crippen MR) is 339 cm³/mol. The van der Waals surface area contributed by atoms with Crippen LogP contribution in [0.5, 0.6) is 0 Å². The van der Waals surface area contributed by atoms with Crippen LogP contribution in [0.4, 0.5) is 11.4 Å². The van der Waals surface area contributed by atoms with E-state index in [1.165, 1.54) is 11.1 Å². The molecule has 0 radical (unpaired) electrons. The molecule has 0 spiro atoms. The van der Waals surface area contributed by atoms with Gasteiger partial charge < -0.3 is 9.80 Å². The fourth-order valence-electron chi connectivity index (χ4n) is 11.4. The minimum Gasteiger partial charge on any atom is -0.309 e. The number of anilines is 2. The van der Waals surface area contributed by atoms with E-state index in [1.807, 2.05) is 117 Å². The van der Waals surface area contributed by atoms with Crippen molar-refractivity contribution in [2.45, 2.75) is 261 Å². The summed E-state index contributed by atoms with van der Waals surface area (Å²) < 4.78 is 0. The van der Waals surface area contributed by atoms with Gasteiger partial charge >= 0.3 is 0 Å². The van der Waals surface area contributed by atoms with E-state index < -0.39 is 0 Å². The largest absolute Gasteiger partial charge is 0.309 e. The zero-order valence-corrected chi connectivity index (χ0v) is 54.4. The van der Waals surface area contributed by atoms with Gasteiger partial charge in [-0.1, -0.05) is 201 Å². The minimum atomic E-state index is -0.189. The number of aryl methyl sites for hydroxylation is 2. The Morgan fingerprint density at radius 2 is 0.697 bits per heavy atom. The minimum absolute atomic E-state index is 0.0224. The van der Waals surface area contributed by atoms with Crippen molar-refractivity contribution >= 4 is 23.2 Å². The third kappa shape index (κ3) is 19.6. The topological polar surface area (TPSA) is 50.3 Å². The Labute approximate surface area is 471 Å². The van der Waals surface area contributed by atoms with Crippen LogP contribution in [0.15, 0.2) is 109 Å². The summed E-state index contributed by atoms with van der Waals surface area (Å²) in [7, 11) is 0. The molecule has 7 heteroatoms. The van der Waals surface area contributed by atoms with Crippen molar-refractivity contribution in [3.8, 4) is 0 Å². The van der Waals surface area contributed by atoms with Crippen molar-refractivity contribution in [1.29, 1.82) is 0 Å². The van der Waals surface area contributed by atoms with Crippen molar-refractivity contribution < 1.29 is 9.59 Å². The molecule has 2 fully saturated rings. The fourth-order valence-corrected chi connectivity index (χ4v) is 11.4. The van der Waals surface area contributed by atoms with Gasteiger partial charge in [-0.05, 0) is 142 Å². The Morgan fingerprint density at radius 3 is 1.01 bits per heavy atom. The van der Waals surface area contributed by atoms with Crippen LogP contribution in [0.25, 0.3) is 0 Å². The first kappa shape index (κ1) is 73.8. The van der Waals surface area contributed by atoms with Gasteiger partial charge in [0.2, 0.25) is 11.8 Å². The zero-order valence-electron chi connectivity index (χ0n) is 54.4. The summed E-state index contributed by atoms with van der Waals surface area (Å²) in [5.41, 5.74) is 7.05. The Balaban J connectivity index is 0. The molecule has 76 heavy (non-hydrogen) atoms. The maximum absolute atomic E-state index is 13.9. The van der Waals surface area contributed by atoms with Crippen LogP contribution in [0, 0.1) is 37.5 Å². The zero-order chi connectivity index (χ0) is 59.2. The lowest BCUT2D eigenvalue weighted by atomic mass is 9.66. The quantitative estimate of drug-likeness (QED) is 0.142. The summed E-state index contributed by atoms with van der Waals surface area (Å²) in [5, 5.41) is 0. The highest BCUT2D eigenvalue weighted by Gasteiger charge is 2.47. The molecule has 0 saturated carbocycles. The molecule has 2 saturated heterocycles. The van der Waals surface area contributed by atoms with E-state index in [1.54, 1.807) is 0 Å². The highest BCUT2D eigenvalue weighted by molar-refractivity contribution is 5.98. The highest BCUT2D eigenvalue weighted by Crippen LogP contribution is 2.43. The number of benzene rings is 4. The van der Waals surface area contributed by atoms with Crippen molar-refractivity contribution in [2.75, 3.05) is 9.80 Å². The lowest BCUT2D eigenvalue weighted by Crippen LogP contribution is -2.68. The predicted octanol–water partition coefficient (Wildman–Crippen LogP) is 18.2. The van der Waals surface area contributed by atoms with Gasteiger partial charge in [-0.3, -0.25) is 24.3 Å². The average molecular weight is 1050 g/mol. The van der Waals surface area contributed by atoms with E-state index >= 15 is 0 Å². The lowest BCUT2D eigenvalue weighted by molar-refractivity contribution is -0.131. The molecule has 4 aromatic carbocycles. The molecule has 432 valence electrons. The molecule has 0 N–H and O–H groups in total. The fraction of sp³-hybridized carbons (Fsp3) is 0.623. The number of piperidine rings is 1. The van der Waals surface area contributed by atoms with Crippen molar-refractivity contribution in [2.24, 2.45) is 23.7 Å². The van der Waals surface area contributed by atoms with Gasteiger partial charge in [0, 0.05) is 78.7 Å². The molecule has 0 bridgehead atoms. The third-order valence-electron chi connectivity index (χ3n) is 15.6. The van der Waals surface area contributed by atoms with Crippen LogP contribution in [0.2, 0.25) is 0 Å². The van der Waals surface area contributed by atoms with Crippen LogP contribution < -0.4 is 9.80 Å². The van der Waals surface area contributed by atoms with Crippen LogP contribution in [-0.2, 0) is 22.7 Å².